The first-order valence-corrected chi connectivity index (χ1v) is 17.1. The van der Waals surface area contributed by atoms with E-state index in [-0.39, 0.29) is 48.8 Å². The standard InChI is InChI=1S/C40H38F5N3O3S/c1-51-22-21-46-19-17-32(18-20-46)47(24-27-9-11-28(12-10-27)29-13-15-31(16-14-29)40(43,44)45)37(50)25-48-35-8-3-2-6-33(35)36(49)23-38(48)52-26-30-5-4-7-34(41)39(30)42/h2-16,23,32H,17-22,24-26H2,1H3/i2D,3D,6D,8D,21D2,22D2,23D. The predicted molar refractivity (Wildman–Crippen MR) is 193 cm³/mol. The van der Waals surface area contributed by atoms with Gasteiger partial charge in [-0.3, -0.25) is 9.59 Å². The fraction of sp³-hybridized carbons (Fsp3) is 0.300. The number of piperidine rings is 1. The van der Waals surface area contributed by atoms with Gasteiger partial charge in [-0.1, -0.05) is 60.6 Å². The average molecular weight is 745 g/mol. The lowest BCUT2D eigenvalue weighted by Crippen LogP contribution is -2.48. The number of ether oxygens (including phenoxy) is 1. The first-order chi connectivity index (χ1) is 28.6. The van der Waals surface area contributed by atoms with Gasteiger partial charge in [0.05, 0.1) is 32.3 Å². The molecule has 2 heterocycles. The Morgan fingerprint density at radius 1 is 1.00 bits per heavy atom. The molecule has 12 heteroatoms. The van der Waals surface area contributed by atoms with Gasteiger partial charge >= 0.3 is 6.18 Å². The van der Waals surface area contributed by atoms with Crippen LogP contribution in [0.5, 0.6) is 0 Å². The second-order valence-corrected chi connectivity index (χ2v) is 13.0. The van der Waals surface area contributed by atoms with Crippen molar-refractivity contribution >= 4 is 28.6 Å². The van der Waals surface area contributed by atoms with Gasteiger partial charge < -0.3 is 19.1 Å². The number of methoxy groups -OCH3 is 1. The number of carbonyl (C=O) groups is 1. The molecule has 6 nitrogen and oxygen atoms in total. The Hall–Kier alpha value is -4.52. The van der Waals surface area contributed by atoms with E-state index in [4.69, 9.17) is 17.1 Å². The highest BCUT2D eigenvalue weighted by Gasteiger charge is 2.31. The fourth-order valence-electron chi connectivity index (χ4n) is 5.97. The van der Waals surface area contributed by atoms with Crippen LogP contribution in [0.25, 0.3) is 22.0 Å². The zero-order valence-electron chi connectivity index (χ0n) is 36.7. The number of pyridine rings is 1. The molecule has 0 atom stereocenters. The maximum Gasteiger partial charge on any atom is 0.416 e. The molecular formula is C40H38F5N3O3S. The number of nitrogens with zero attached hydrogens (tertiary/aromatic N) is 3. The van der Waals surface area contributed by atoms with E-state index < -0.39 is 101 Å². The van der Waals surface area contributed by atoms with Crippen molar-refractivity contribution in [3.05, 3.63) is 135 Å². The molecule has 1 amide bonds. The molecule has 272 valence electrons. The molecule has 1 saturated heterocycles. The van der Waals surface area contributed by atoms with Gasteiger partial charge in [-0.15, -0.1) is 11.8 Å². The third kappa shape index (κ3) is 8.74. The number of halogens is 5. The third-order valence-electron chi connectivity index (χ3n) is 8.70. The molecule has 6 rings (SSSR count). The Morgan fingerprint density at radius 2 is 1.67 bits per heavy atom. The van der Waals surface area contributed by atoms with Crippen molar-refractivity contribution in [2.45, 2.75) is 48.9 Å². The summed E-state index contributed by atoms with van der Waals surface area (Å²) >= 11 is 0.693. The van der Waals surface area contributed by atoms with Crippen LogP contribution in [-0.4, -0.2) is 59.6 Å². The van der Waals surface area contributed by atoms with Crippen molar-refractivity contribution in [2.24, 2.45) is 0 Å². The summed E-state index contributed by atoms with van der Waals surface area (Å²) in [5.41, 5.74) is -0.799. The van der Waals surface area contributed by atoms with Crippen molar-refractivity contribution in [1.82, 2.24) is 14.4 Å². The average Bonchev–Trinajstić information content (AvgIpc) is 3.23. The van der Waals surface area contributed by atoms with Gasteiger partial charge in [0, 0.05) is 64.8 Å². The summed E-state index contributed by atoms with van der Waals surface area (Å²) in [7, 11) is 1.04. The second kappa shape index (κ2) is 16.4. The Morgan fingerprint density at radius 3 is 2.35 bits per heavy atom. The number of likely N-dealkylation sites (tertiary alicyclic amines) is 1. The van der Waals surface area contributed by atoms with Crippen molar-refractivity contribution in [1.29, 1.82) is 0 Å². The number of amides is 1. The van der Waals surface area contributed by atoms with Gasteiger partial charge in [0.1, 0.15) is 6.54 Å². The highest BCUT2D eigenvalue weighted by molar-refractivity contribution is 7.98. The molecule has 0 radical (unpaired) electrons. The van der Waals surface area contributed by atoms with Crippen LogP contribution in [-0.2, 0) is 34.6 Å². The first-order valence-electron chi connectivity index (χ1n) is 20.6. The van der Waals surface area contributed by atoms with Crippen molar-refractivity contribution in [3.8, 4) is 11.1 Å². The normalized spacial score (nSPS) is 17.2. The molecule has 5 aromatic rings. The summed E-state index contributed by atoms with van der Waals surface area (Å²) in [6, 6.07) is 10.4. The van der Waals surface area contributed by atoms with E-state index in [0.29, 0.717) is 28.5 Å². The molecule has 52 heavy (non-hydrogen) atoms. The van der Waals surface area contributed by atoms with E-state index in [1.807, 2.05) is 0 Å². The molecule has 1 aliphatic rings. The number of thioether (sulfide) groups is 1. The van der Waals surface area contributed by atoms with Gasteiger partial charge in [0.15, 0.2) is 17.1 Å². The summed E-state index contributed by atoms with van der Waals surface area (Å²) in [5, 5.41) is -0.816. The van der Waals surface area contributed by atoms with Gasteiger partial charge in [-0.05, 0) is 59.8 Å². The van der Waals surface area contributed by atoms with Gasteiger partial charge in [-0.2, -0.15) is 13.2 Å². The second-order valence-electron chi connectivity index (χ2n) is 12.0. The van der Waals surface area contributed by atoms with Crippen LogP contribution in [0.4, 0.5) is 22.0 Å². The number of carbonyl (C=O) groups excluding carboxylic acids is 1. The molecule has 1 fully saturated rings. The van der Waals surface area contributed by atoms with Gasteiger partial charge in [-0.25, -0.2) is 8.78 Å². The third-order valence-corrected chi connectivity index (χ3v) is 9.75. The monoisotopic (exact) mass is 744 g/mol. The minimum absolute atomic E-state index is 0.0250. The molecule has 1 aromatic heterocycles. The number of hydrogen-bond donors (Lipinski definition) is 0. The molecule has 0 unspecified atom stereocenters. The lowest BCUT2D eigenvalue weighted by Gasteiger charge is -2.39. The summed E-state index contributed by atoms with van der Waals surface area (Å²) < 4.78 is 150. The number of benzene rings is 4. The largest absolute Gasteiger partial charge is 0.416 e. The van der Waals surface area contributed by atoms with Crippen molar-refractivity contribution < 1.29 is 43.8 Å². The summed E-state index contributed by atoms with van der Waals surface area (Å²) in [5.74, 6) is -3.34. The fourth-order valence-corrected chi connectivity index (χ4v) is 6.96. The van der Waals surface area contributed by atoms with Crippen LogP contribution in [0.2, 0.25) is 0 Å². The molecule has 0 aliphatic carbocycles. The summed E-state index contributed by atoms with van der Waals surface area (Å²) in [6.07, 6.45) is -4.26. The predicted octanol–water partition coefficient (Wildman–Crippen LogP) is 8.40. The van der Waals surface area contributed by atoms with E-state index in [1.54, 1.807) is 24.3 Å². The molecule has 0 N–H and O–H groups in total. The maximum absolute atomic E-state index is 14.8. The van der Waals surface area contributed by atoms with Gasteiger partial charge in [0.25, 0.3) is 0 Å². The first kappa shape index (κ1) is 27.1. The van der Waals surface area contributed by atoms with Crippen molar-refractivity contribution in [2.75, 3.05) is 33.3 Å². The quantitative estimate of drug-likeness (QED) is 0.0950. The summed E-state index contributed by atoms with van der Waals surface area (Å²) in [6.45, 7) is -6.11. The zero-order valence-corrected chi connectivity index (χ0v) is 28.6. The van der Waals surface area contributed by atoms with Crippen LogP contribution >= 0.6 is 11.8 Å². The van der Waals surface area contributed by atoms with E-state index in [2.05, 4.69) is 0 Å². The smallest absolute Gasteiger partial charge is 0.383 e. The SMILES string of the molecule is [2H]c1c([2H])c([2H])c2c(c1[2H])c(=O)c([2H])c(SCc1cccc(F)c1F)n2CC(=O)N(Cc1ccc(-c2ccc(C(F)(F)F)cc2)cc1)C1CCN(C([2H])([2H])C([2H])([2H])OC)CC1. The molecule has 0 spiro atoms. The van der Waals surface area contributed by atoms with E-state index >= 15 is 0 Å². The van der Waals surface area contributed by atoms with Gasteiger partial charge in [0.2, 0.25) is 5.91 Å². The van der Waals surface area contributed by atoms with E-state index in [9.17, 15) is 31.5 Å². The maximum atomic E-state index is 14.8. The lowest BCUT2D eigenvalue weighted by molar-refractivity contribution is -0.137. The highest BCUT2D eigenvalue weighted by Crippen LogP contribution is 2.32. The number of fused-ring (bicyclic) bond motifs is 1. The lowest BCUT2D eigenvalue weighted by atomic mass is 10.00. The minimum Gasteiger partial charge on any atom is -0.383 e. The van der Waals surface area contributed by atoms with Crippen LogP contribution in [0.3, 0.4) is 0 Å². The molecule has 0 saturated carbocycles. The Balaban J connectivity index is 1.41. The van der Waals surface area contributed by atoms with Crippen LogP contribution in [0, 0.1) is 11.6 Å². The molecule has 0 bridgehead atoms. The number of aromatic nitrogens is 1. The summed E-state index contributed by atoms with van der Waals surface area (Å²) in [4.78, 5) is 31.2. The number of hydrogen-bond acceptors (Lipinski definition) is 5. The number of para-hydroxylation sites is 1. The van der Waals surface area contributed by atoms with Crippen LogP contribution in [0.15, 0.2) is 107 Å². The van der Waals surface area contributed by atoms with E-state index in [1.165, 1.54) is 34.1 Å². The van der Waals surface area contributed by atoms with Crippen molar-refractivity contribution in [3.63, 3.8) is 0 Å². The molecular weight excluding hydrogens is 698 g/mol. The minimum atomic E-state index is -4.52. The Labute approximate surface area is 315 Å². The van der Waals surface area contributed by atoms with Crippen LogP contribution in [0.1, 0.15) is 41.9 Å². The molecule has 1 aliphatic heterocycles. The van der Waals surface area contributed by atoms with Crippen LogP contribution < -0.4 is 5.43 Å². The zero-order chi connectivity index (χ0) is 44.8. The molecule has 4 aromatic carbocycles. The Kier molecular flexibility index (Phi) is 8.58. The number of alkyl halides is 3. The van der Waals surface area contributed by atoms with E-state index in [0.717, 1.165) is 29.9 Å². The number of rotatable bonds is 12. The Bertz CT molecular complexity index is 2520. The topological polar surface area (TPSA) is 54.8 Å². The highest BCUT2D eigenvalue weighted by atomic mass is 32.2.